The van der Waals surface area contributed by atoms with Gasteiger partial charge in [-0.25, -0.2) is 0 Å². The lowest BCUT2D eigenvalue weighted by atomic mass is 10.2. The zero-order valence-corrected chi connectivity index (χ0v) is 12.3. The molecular weight excluding hydrogens is 280 g/mol. The summed E-state index contributed by atoms with van der Waals surface area (Å²) in [5.41, 5.74) is 1.93. The van der Waals surface area contributed by atoms with Crippen molar-refractivity contribution in [2.75, 3.05) is 5.75 Å². The first-order valence-electron chi connectivity index (χ1n) is 6.60. The van der Waals surface area contributed by atoms with E-state index in [0.29, 0.717) is 0 Å². The lowest BCUT2D eigenvalue weighted by molar-refractivity contribution is -0.112. The molecule has 0 aliphatic carbocycles. The van der Waals surface area contributed by atoms with Gasteiger partial charge in [-0.3, -0.25) is 9.00 Å². The lowest BCUT2D eigenvalue weighted by Gasteiger charge is -1.94. The predicted octanol–water partition coefficient (Wildman–Crippen LogP) is 3.69. The molecule has 0 aliphatic rings. The van der Waals surface area contributed by atoms with Gasteiger partial charge in [0, 0.05) is 5.41 Å². The monoisotopic (exact) mass is 296 g/mol. The van der Waals surface area contributed by atoms with E-state index in [9.17, 15) is 9.00 Å². The van der Waals surface area contributed by atoms with Gasteiger partial charge < -0.3 is 0 Å². The van der Waals surface area contributed by atoms with Crippen molar-refractivity contribution >= 4 is 28.7 Å². The highest BCUT2D eigenvalue weighted by molar-refractivity contribution is 7.88. The van der Waals surface area contributed by atoms with Crippen LogP contribution in [-0.2, 0) is 15.6 Å². The Balaban J connectivity index is 1.87. The summed E-state index contributed by atoms with van der Waals surface area (Å²) in [4.78, 5) is 11.7. The molecule has 0 heterocycles. The smallest absolute Gasteiger partial charge is 0.168 e. The van der Waals surface area contributed by atoms with Gasteiger partial charge in [-0.1, -0.05) is 66.7 Å². The van der Waals surface area contributed by atoms with E-state index >= 15 is 0 Å². The molecule has 0 saturated heterocycles. The Labute approximate surface area is 127 Å². The van der Waals surface area contributed by atoms with Crippen molar-refractivity contribution in [3.05, 3.63) is 83.3 Å². The summed E-state index contributed by atoms with van der Waals surface area (Å²) in [5, 5.41) is 1.56. The van der Waals surface area contributed by atoms with Gasteiger partial charge in [-0.2, -0.15) is 0 Å². The van der Waals surface area contributed by atoms with Gasteiger partial charge in [-0.05, 0) is 23.3 Å². The third-order valence-corrected chi connectivity index (χ3v) is 3.77. The normalized spacial score (nSPS) is 12.8. The van der Waals surface area contributed by atoms with Crippen molar-refractivity contribution in [2.45, 2.75) is 0 Å². The number of benzene rings is 2. The Morgan fingerprint density at radius 1 is 0.857 bits per heavy atom. The van der Waals surface area contributed by atoms with Gasteiger partial charge in [-0.15, -0.1) is 0 Å². The van der Waals surface area contributed by atoms with Gasteiger partial charge in [0.2, 0.25) is 0 Å². The molecule has 2 aromatic rings. The maximum atomic E-state index is 11.8. The van der Waals surface area contributed by atoms with Crippen LogP contribution in [0.5, 0.6) is 0 Å². The summed E-state index contributed by atoms with van der Waals surface area (Å²) in [6, 6.07) is 19.2. The lowest BCUT2D eigenvalue weighted by Crippen LogP contribution is -2.05. The molecule has 0 saturated carbocycles. The minimum atomic E-state index is -1.29. The minimum Gasteiger partial charge on any atom is -0.294 e. The molecule has 21 heavy (non-hydrogen) atoms. The molecular formula is C18H16O2S. The summed E-state index contributed by atoms with van der Waals surface area (Å²) < 4.78 is 11.8. The Bertz CT molecular complexity index is 599. The number of ketones is 1. The van der Waals surface area contributed by atoms with Crippen LogP contribution >= 0.6 is 0 Å². The van der Waals surface area contributed by atoms with E-state index < -0.39 is 10.8 Å². The molecule has 0 aromatic heterocycles. The Hall–Kier alpha value is -2.26. The van der Waals surface area contributed by atoms with Crippen LogP contribution in [0.2, 0.25) is 0 Å². The second-order valence-corrected chi connectivity index (χ2v) is 5.77. The van der Waals surface area contributed by atoms with Crippen LogP contribution in [0.4, 0.5) is 0 Å². The largest absolute Gasteiger partial charge is 0.294 e. The molecule has 2 nitrogen and oxygen atoms in total. The van der Waals surface area contributed by atoms with Crippen molar-refractivity contribution in [3.63, 3.8) is 0 Å². The molecule has 0 bridgehead atoms. The molecule has 3 heteroatoms. The number of allylic oxidation sites excluding steroid dienone is 1. The topological polar surface area (TPSA) is 34.1 Å². The predicted molar refractivity (Wildman–Crippen MR) is 89.0 cm³/mol. The third kappa shape index (κ3) is 5.71. The highest BCUT2D eigenvalue weighted by atomic mass is 32.2. The fourth-order valence-corrected chi connectivity index (χ4v) is 2.49. The molecule has 1 unspecified atom stereocenters. The van der Waals surface area contributed by atoms with E-state index in [1.165, 1.54) is 6.08 Å². The number of hydrogen-bond donors (Lipinski definition) is 0. The fourth-order valence-electron chi connectivity index (χ4n) is 1.71. The Morgan fingerprint density at radius 3 is 1.95 bits per heavy atom. The second-order valence-electron chi connectivity index (χ2n) is 4.45. The molecule has 0 fully saturated rings. The first-order chi connectivity index (χ1) is 10.2. The van der Waals surface area contributed by atoms with Gasteiger partial charge >= 0.3 is 0 Å². The maximum absolute atomic E-state index is 11.8. The van der Waals surface area contributed by atoms with E-state index in [1.54, 1.807) is 17.6 Å². The number of carbonyl (C=O) groups is 1. The molecule has 2 rings (SSSR count). The van der Waals surface area contributed by atoms with Crippen LogP contribution in [0, 0.1) is 0 Å². The summed E-state index contributed by atoms with van der Waals surface area (Å²) >= 11 is 0. The van der Waals surface area contributed by atoms with Gasteiger partial charge in [0.1, 0.15) is 0 Å². The van der Waals surface area contributed by atoms with Crippen LogP contribution in [0.1, 0.15) is 11.1 Å². The van der Waals surface area contributed by atoms with Crippen molar-refractivity contribution in [1.82, 2.24) is 0 Å². The second kappa shape index (κ2) is 8.12. The number of carbonyl (C=O) groups excluding carboxylic acids is 1. The van der Waals surface area contributed by atoms with Crippen molar-refractivity contribution < 1.29 is 9.00 Å². The summed E-state index contributed by atoms with van der Waals surface area (Å²) in [6.45, 7) is 0. The zero-order valence-electron chi connectivity index (χ0n) is 11.5. The van der Waals surface area contributed by atoms with Crippen molar-refractivity contribution in [2.24, 2.45) is 0 Å². The van der Waals surface area contributed by atoms with E-state index in [-0.39, 0.29) is 11.5 Å². The average Bonchev–Trinajstić information content (AvgIpc) is 2.53. The third-order valence-electron chi connectivity index (χ3n) is 2.76. The van der Waals surface area contributed by atoms with Crippen LogP contribution in [0.25, 0.3) is 12.2 Å². The average molecular weight is 296 g/mol. The summed E-state index contributed by atoms with van der Waals surface area (Å²) in [5.74, 6) is -0.137. The first-order valence-corrected chi connectivity index (χ1v) is 7.98. The highest BCUT2D eigenvalue weighted by Gasteiger charge is 2.01. The van der Waals surface area contributed by atoms with Gasteiger partial charge in [0.15, 0.2) is 5.78 Å². The van der Waals surface area contributed by atoms with Crippen LogP contribution < -0.4 is 0 Å². The van der Waals surface area contributed by atoms with E-state index in [1.807, 2.05) is 60.7 Å². The molecule has 106 valence electrons. The molecule has 0 radical (unpaired) electrons. The number of hydrogen-bond acceptors (Lipinski definition) is 2. The highest BCUT2D eigenvalue weighted by Crippen LogP contribution is 2.03. The Kier molecular flexibility index (Phi) is 5.85. The molecule has 1 atom stereocenters. The van der Waals surface area contributed by atoms with E-state index in [0.717, 1.165) is 11.1 Å². The fraction of sp³-hybridized carbons (Fsp3) is 0.0556. The molecule has 2 aromatic carbocycles. The number of rotatable bonds is 6. The maximum Gasteiger partial charge on any atom is 0.168 e. The summed E-state index contributed by atoms with van der Waals surface area (Å²) in [6.07, 6.45) is 4.98. The van der Waals surface area contributed by atoms with Gasteiger partial charge in [0.25, 0.3) is 0 Å². The standard InChI is InChI=1S/C18H16O2S/c19-18(12-11-16-7-3-1-4-8-16)15-21(20)14-13-17-9-5-2-6-10-17/h1-14H,15H2/b12-11+,14-13+. The van der Waals surface area contributed by atoms with E-state index in [4.69, 9.17) is 0 Å². The molecule has 0 amide bonds. The quantitative estimate of drug-likeness (QED) is 0.762. The van der Waals surface area contributed by atoms with Crippen LogP contribution in [-0.4, -0.2) is 15.7 Å². The SMILES string of the molecule is O=C(/C=C/c1ccccc1)CS(=O)/C=C/c1ccccc1. The molecule has 0 aliphatic heterocycles. The Morgan fingerprint density at radius 2 is 1.38 bits per heavy atom. The molecule has 0 N–H and O–H groups in total. The van der Waals surface area contributed by atoms with E-state index in [2.05, 4.69) is 0 Å². The zero-order chi connectivity index (χ0) is 14.9. The van der Waals surface area contributed by atoms with Gasteiger partial charge in [0.05, 0.1) is 16.6 Å². The minimum absolute atomic E-state index is 0.00661. The molecule has 0 spiro atoms. The van der Waals surface area contributed by atoms with Crippen molar-refractivity contribution in [1.29, 1.82) is 0 Å². The van der Waals surface area contributed by atoms with Crippen molar-refractivity contribution in [3.8, 4) is 0 Å². The van der Waals surface area contributed by atoms with Crippen LogP contribution in [0.3, 0.4) is 0 Å². The summed E-state index contributed by atoms with van der Waals surface area (Å²) in [7, 11) is -1.29. The first kappa shape index (κ1) is 15.1. The van der Waals surface area contributed by atoms with Crippen LogP contribution in [0.15, 0.2) is 72.1 Å².